The fourth-order valence-corrected chi connectivity index (χ4v) is 3.31. The summed E-state index contributed by atoms with van der Waals surface area (Å²) in [6, 6.07) is 1.52. The molecule has 2 aliphatic rings. The predicted molar refractivity (Wildman–Crippen MR) is 89.7 cm³/mol. The molecule has 0 aromatic carbocycles. The smallest absolute Gasteiger partial charge is 0.191 e. The maximum absolute atomic E-state index is 4.34. The zero-order valence-corrected chi connectivity index (χ0v) is 13.8. The van der Waals surface area contributed by atoms with E-state index in [1.165, 1.54) is 57.4 Å². The summed E-state index contributed by atoms with van der Waals surface area (Å²) in [5.41, 5.74) is 0. The Morgan fingerprint density at radius 3 is 2.55 bits per heavy atom. The summed E-state index contributed by atoms with van der Waals surface area (Å²) in [4.78, 5) is 7.01. The zero-order valence-electron chi connectivity index (χ0n) is 13.0. The molecule has 0 bridgehead atoms. The number of guanidine groups is 1. The van der Waals surface area contributed by atoms with Crippen LogP contribution in [0.5, 0.6) is 0 Å². The van der Waals surface area contributed by atoms with E-state index < -0.39 is 0 Å². The van der Waals surface area contributed by atoms with Crippen molar-refractivity contribution in [1.29, 1.82) is 0 Å². The van der Waals surface area contributed by atoms with Crippen molar-refractivity contribution in [2.75, 3.05) is 38.7 Å². The van der Waals surface area contributed by atoms with Crippen LogP contribution in [0, 0.1) is 0 Å². The van der Waals surface area contributed by atoms with Crippen molar-refractivity contribution >= 4 is 17.7 Å². The molecule has 1 aliphatic heterocycles. The minimum Gasteiger partial charge on any atom is -0.356 e. The highest BCUT2D eigenvalue weighted by molar-refractivity contribution is 7.98. The number of nitrogens with zero attached hydrogens (tertiary/aromatic N) is 2. The van der Waals surface area contributed by atoms with Gasteiger partial charge in [0.2, 0.25) is 0 Å². The molecular formula is C15H30N4S. The molecule has 0 radical (unpaired) electrons. The molecule has 0 aromatic heterocycles. The molecule has 1 aliphatic carbocycles. The van der Waals surface area contributed by atoms with Gasteiger partial charge in [-0.2, -0.15) is 11.8 Å². The number of unbranched alkanes of at least 4 members (excludes halogenated alkanes) is 1. The summed E-state index contributed by atoms with van der Waals surface area (Å²) >= 11 is 1.92. The molecule has 0 spiro atoms. The Bertz CT molecular complexity index is 296. The number of aliphatic imine (C=N–C) groups is 1. The van der Waals surface area contributed by atoms with Gasteiger partial charge in [0, 0.05) is 38.8 Å². The van der Waals surface area contributed by atoms with Crippen LogP contribution in [0.25, 0.3) is 0 Å². The van der Waals surface area contributed by atoms with Crippen molar-refractivity contribution in [2.24, 2.45) is 4.99 Å². The molecule has 0 unspecified atom stereocenters. The molecule has 0 atom stereocenters. The minimum atomic E-state index is 0.599. The first kappa shape index (κ1) is 16.0. The number of hydrogen-bond donors (Lipinski definition) is 2. The maximum Gasteiger partial charge on any atom is 0.191 e. The second-order valence-electron chi connectivity index (χ2n) is 5.88. The van der Waals surface area contributed by atoms with Crippen molar-refractivity contribution in [3.8, 4) is 0 Å². The quantitative estimate of drug-likeness (QED) is 0.428. The Balaban J connectivity index is 1.58. The van der Waals surface area contributed by atoms with Crippen LogP contribution in [-0.4, -0.2) is 61.6 Å². The number of hydrogen-bond acceptors (Lipinski definition) is 3. The van der Waals surface area contributed by atoms with Gasteiger partial charge < -0.3 is 15.5 Å². The highest BCUT2D eigenvalue weighted by atomic mass is 32.2. The monoisotopic (exact) mass is 298 g/mol. The van der Waals surface area contributed by atoms with Gasteiger partial charge in [0.25, 0.3) is 0 Å². The predicted octanol–water partition coefficient (Wildman–Crippen LogP) is 1.92. The molecule has 2 N–H and O–H groups in total. The van der Waals surface area contributed by atoms with Crippen LogP contribution in [0.1, 0.15) is 38.5 Å². The Kier molecular flexibility index (Phi) is 7.00. The second-order valence-corrected chi connectivity index (χ2v) is 6.87. The summed E-state index contributed by atoms with van der Waals surface area (Å²) in [5, 5.41) is 7.02. The number of rotatable bonds is 7. The standard InChI is InChI=1S/C15H30N4S/c1-16-15(17-9-3-4-12-20-2)18-13-7-10-19(11-8-13)14-5-6-14/h13-14H,3-12H2,1-2H3,(H2,16,17,18). The lowest BCUT2D eigenvalue weighted by Gasteiger charge is -2.33. The second kappa shape index (κ2) is 8.78. The van der Waals surface area contributed by atoms with Gasteiger partial charge in [-0.15, -0.1) is 0 Å². The fraction of sp³-hybridized carbons (Fsp3) is 0.933. The first-order valence-electron chi connectivity index (χ1n) is 8.03. The average molecular weight is 299 g/mol. The van der Waals surface area contributed by atoms with Crippen LogP contribution in [-0.2, 0) is 0 Å². The van der Waals surface area contributed by atoms with Crippen LogP contribution in [0.15, 0.2) is 4.99 Å². The third-order valence-electron chi connectivity index (χ3n) is 4.22. The molecule has 20 heavy (non-hydrogen) atoms. The molecule has 1 saturated carbocycles. The Morgan fingerprint density at radius 1 is 1.20 bits per heavy atom. The van der Waals surface area contributed by atoms with E-state index in [1.807, 2.05) is 18.8 Å². The fourth-order valence-electron chi connectivity index (χ4n) is 2.81. The third-order valence-corrected chi connectivity index (χ3v) is 4.92. The minimum absolute atomic E-state index is 0.599. The lowest BCUT2D eigenvalue weighted by atomic mass is 10.1. The first-order valence-corrected chi connectivity index (χ1v) is 9.43. The van der Waals surface area contributed by atoms with Crippen LogP contribution in [0.2, 0.25) is 0 Å². The van der Waals surface area contributed by atoms with E-state index in [0.29, 0.717) is 6.04 Å². The molecule has 1 heterocycles. The van der Waals surface area contributed by atoms with Gasteiger partial charge in [0.05, 0.1) is 0 Å². The maximum atomic E-state index is 4.34. The van der Waals surface area contributed by atoms with Crippen molar-refractivity contribution < 1.29 is 0 Å². The molecule has 5 heteroatoms. The van der Waals surface area contributed by atoms with Gasteiger partial charge in [-0.1, -0.05) is 0 Å². The molecule has 2 rings (SSSR count). The van der Waals surface area contributed by atoms with Gasteiger partial charge in [0.1, 0.15) is 0 Å². The van der Waals surface area contributed by atoms with Crippen LogP contribution in [0.4, 0.5) is 0 Å². The van der Waals surface area contributed by atoms with Crippen molar-refractivity contribution in [3.63, 3.8) is 0 Å². The first-order chi connectivity index (χ1) is 9.83. The Morgan fingerprint density at radius 2 is 1.95 bits per heavy atom. The van der Waals surface area contributed by atoms with E-state index in [9.17, 15) is 0 Å². The molecule has 0 aromatic rings. The molecule has 1 saturated heterocycles. The number of nitrogens with one attached hydrogen (secondary N) is 2. The van der Waals surface area contributed by atoms with Crippen molar-refractivity contribution in [3.05, 3.63) is 0 Å². The van der Waals surface area contributed by atoms with Crippen LogP contribution < -0.4 is 10.6 Å². The summed E-state index contributed by atoms with van der Waals surface area (Å²) in [7, 11) is 1.87. The summed E-state index contributed by atoms with van der Waals surface area (Å²) in [6.07, 6.45) is 10.0. The molecule has 116 valence electrons. The van der Waals surface area contributed by atoms with E-state index in [1.54, 1.807) is 0 Å². The number of thioether (sulfide) groups is 1. The third kappa shape index (κ3) is 5.52. The molecule has 4 nitrogen and oxygen atoms in total. The van der Waals surface area contributed by atoms with Gasteiger partial charge in [-0.3, -0.25) is 4.99 Å². The Labute approximate surface area is 128 Å². The van der Waals surface area contributed by atoms with E-state index in [0.717, 1.165) is 18.5 Å². The average Bonchev–Trinajstić information content (AvgIpc) is 3.31. The SMILES string of the molecule is CN=C(NCCCCSC)NC1CCN(C2CC2)CC1. The highest BCUT2D eigenvalue weighted by Crippen LogP contribution is 2.29. The number of likely N-dealkylation sites (tertiary alicyclic amines) is 1. The lowest BCUT2D eigenvalue weighted by molar-refractivity contribution is 0.197. The molecule has 2 fully saturated rings. The largest absolute Gasteiger partial charge is 0.356 e. The van der Waals surface area contributed by atoms with E-state index in [-0.39, 0.29) is 0 Å². The normalized spacial score (nSPS) is 22.0. The molecular weight excluding hydrogens is 268 g/mol. The van der Waals surface area contributed by atoms with E-state index in [2.05, 4.69) is 26.8 Å². The van der Waals surface area contributed by atoms with E-state index >= 15 is 0 Å². The summed E-state index contributed by atoms with van der Waals surface area (Å²) in [6.45, 7) is 3.54. The van der Waals surface area contributed by atoms with Crippen molar-refractivity contribution in [1.82, 2.24) is 15.5 Å². The highest BCUT2D eigenvalue weighted by Gasteiger charge is 2.31. The van der Waals surface area contributed by atoms with Crippen LogP contribution >= 0.6 is 11.8 Å². The molecule has 0 amide bonds. The van der Waals surface area contributed by atoms with Gasteiger partial charge >= 0.3 is 0 Å². The topological polar surface area (TPSA) is 39.7 Å². The van der Waals surface area contributed by atoms with Gasteiger partial charge in [-0.05, 0) is 50.5 Å². The number of piperidine rings is 1. The van der Waals surface area contributed by atoms with Crippen LogP contribution in [0.3, 0.4) is 0 Å². The summed E-state index contributed by atoms with van der Waals surface area (Å²) in [5.74, 6) is 2.24. The summed E-state index contributed by atoms with van der Waals surface area (Å²) < 4.78 is 0. The zero-order chi connectivity index (χ0) is 14.2. The lowest BCUT2D eigenvalue weighted by Crippen LogP contribution is -2.49. The van der Waals surface area contributed by atoms with Gasteiger partial charge in [-0.25, -0.2) is 0 Å². The Hall–Kier alpha value is -0.420. The van der Waals surface area contributed by atoms with Crippen molar-refractivity contribution in [2.45, 2.75) is 50.6 Å². The van der Waals surface area contributed by atoms with E-state index in [4.69, 9.17) is 0 Å². The van der Waals surface area contributed by atoms with Gasteiger partial charge in [0.15, 0.2) is 5.96 Å².